The Balaban J connectivity index is 1.94. The third-order valence-electron chi connectivity index (χ3n) is 2.45. The second-order valence-corrected chi connectivity index (χ2v) is 3.83. The minimum atomic E-state index is 0.167. The lowest BCUT2D eigenvalue weighted by molar-refractivity contribution is 0.311. The van der Waals surface area contributed by atoms with Crippen LogP contribution >= 0.6 is 0 Å². The van der Waals surface area contributed by atoms with Gasteiger partial charge in [-0.3, -0.25) is 4.98 Å². The quantitative estimate of drug-likeness (QED) is 0.742. The molecule has 0 spiro atoms. The van der Waals surface area contributed by atoms with Crippen LogP contribution < -0.4 is 5.32 Å². The number of nitrogens with one attached hydrogen (secondary N) is 1. The van der Waals surface area contributed by atoms with E-state index < -0.39 is 0 Å². The van der Waals surface area contributed by atoms with E-state index in [4.69, 9.17) is 5.11 Å². The van der Waals surface area contributed by atoms with Crippen molar-refractivity contribution in [1.82, 2.24) is 4.98 Å². The summed E-state index contributed by atoms with van der Waals surface area (Å²) >= 11 is 0. The molecule has 0 aliphatic heterocycles. The summed E-state index contributed by atoms with van der Waals surface area (Å²) in [6.45, 7) is 0.771. The normalized spacial score (nSPS) is 15.5. The Morgan fingerprint density at radius 1 is 1.50 bits per heavy atom. The predicted octanol–water partition coefficient (Wildman–Crippen LogP) is 1.44. The third kappa shape index (κ3) is 2.70. The van der Waals surface area contributed by atoms with Crippen LogP contribution in [0.25, 0.3) is 0 Å². The van der Waals surface area contributed by atoms with Crippen molar-refractivity contribution in [3.05, 3.63) is 24.0 Å². The van der Waals surface area contributed by atoms with Gasteiger partial charge in [0.15, 0.2) is 0 Å². The van der Waals surface area contributed by atoms with Gasteiger partial charge in [-0.15, -0.1) is 0 Å². The molecule has 1 aliphatic rings. The van der Waals surface area contributed by atoms with Crippen LogP contribution in [0.1, 0.15) is 18.5 Å². The first-order valence-corrected chi connectivity index (χ1v) is 5.18. The van der Waals surface area contributed by atoms with E-state index in [0.717, 1.165) is 23.7 Å². The Labute approximate surface area is 84.2 Å². The number of aromatic nitrogens is 1. The van der Waals surface area contributed by atoms with E-state index in [2.05, 4.69) is 16.4 Å². The van der Waals surface area contributed by atoms with Crippen molar-refractivity contribution < 1.29 is 5.11 Å². The lowest BCUT2D eigenvalue weighted by Gasteiger charge is -2.05. The van der Waals surface area contributed by atoms with E-state index in [1.165, 1.54) is 12.8 Å². The zero-order valence-corrected chi connectivity index (χ0v) is 8.24. The second kappa shape index (κ2) is 4.42. The average Bonchev–Trinajstić information content (AvgIpc) is 2.99. The Bertz CT molecular complexity index is 297. The minimum absolute atomic E-state index is 0.167. The first kappa shape index (κ1) is 9.46. The molecule has 0 bridgehead atoms. The maximum Gasteiger partial charge on any atom is 0.0604 e. The SMILES string of the molecule is OCCNc1ccnc(CC2CC2)c1. The van der Waals surface area contributed by atoms with Crippen LogP contribution in [0, 0.1) is 5.92 Å². The molecule has 0 aromatic carbocycles. The zero-order valence-electron chi connectivity index (χ0n) is 8.24. The zero-order chi connectivity index (χ0) is 9.80. The van der Waals surface area contributed by atoms with Crippen molar-refractivity contribution in [2.45, 2.75) is 19.3 Å². The molecule has 76 valence electrons. The molecule has 2 rings (SSSR count). The molecule has 0 unspecified atom stereocenters. The molecule has 1 heterocycles. The topological polar surface area (TPSA) is 45.1 Å². The number of hydrogen-bond donors (Lipinski definition) is 2. The predicted molar refractivity (Wildman–Crippen MR) is 56.2 cm³/mol. The van der Waals surface area contributed by atoms with Gasteiger partial charge >= 0.3 is 0 Å². The molecule has 0 radical (unpaired) electrons. The number of rotatable bonds is 5. The molecule has 0 saturated heterocycles. The number of nitrogens with zero attached hydrogens (tertiary/aromatic N) is 1. The van der Waals surface area contributed by atoms with Gasteiger partial charge in [-0.05, 0) is 37.3 Å². The summed E-state index contributed by atoms with van der Waals surface area (Å²) in [7, 11) is 0. The molecule has 2 N–H and O–H groups in total. The maximum absolute atomic E-state index is 8.67. The number of anilines is 1. The van der Waals surface area contributed by atoms with Crippen molar-refractivity contribution in [2.24, 2.45) is 5.92 Å². The van der Waals surface area contributed by atoms with E-state index in [-0.39, 0.29) is 6.61 Å². The summed E-state index contributed by atoms with van der Waals surface area (Å²) in [5, 5.41) is 11.8. The average molecular weight is 192 g/mol. The van der Waals surface area contributed by atoms with Gasteiger partial charge in [0.25, 0.3) is 0 Å². The summed E-state index contributed by atoms with van der Waals surface area (Å²) in [6.07, 6.45) is 5.65. The van der Waals surface area contributed by atoms with Gasteiger partial charge in [-0.1, -0.05) is 0 Å². The van der Waals surface area contributed by atoms with Crippen molar-refractivity contribution in [3.63, 3.8) is 0 Å². The van der Waals surface area contributed by atoms with Crippen molar-refractivity contribution in [1.29, 1.82) is 0 Å². The highest BCUT2D eigenvalue weighted by Crippen LogP contribution is 2.32. The summed E-state index contributed by atoms with van der Waals surface area (Å²) in [6, 6.07) is 4.01. The number of pyridine rings is 1. The van der Waals surface area contributed by atoms with E-state index in [1.54, 1.807) is 0 Å². The molecule has 1 aromatic heterocycles. The number of aliphatic hydroxyl groups excluding tert-OH is 1. The fourth-order valence-electron chi connectivity index (χ4n) is 1.52. The van der Waals surface area contributed by atoms with Crippen molar-refractivity contribution in [3.8, 4) is 0 Å². The minimum Gasteiger partial charge on any atom is -0.395 e. The number of hydrogen-bond acceptors (Lipinski definition) is 3. The highest BCUT2D eigenvalue weighted by Gasteiger charge is 2.21. The first-order chi connectivity index (χ1) is 6.88. The van der Waals surface area contributed by atoms with Crippen LogP contribution in [0.5, 0.6) is 0 Å². The lowest BCUT2D eigenvalue weighted by Crippen LogP contribution is -2.06. The molecule has 3 heteroatoms. The molecule has 3 nitrogen and oxygen atoms in total. The van der Waals surface area contributed by atoms with Crippen LogP contribution in [0.3, 0.4) is 0 Å². The second-order valence-electron chi connectivity index (χ2n) is 3.83. The van der Waals surface area contributed by atoms with Gasteiger partial charge in [-0.25, -0.2) is 0 Å². The smallest absolute Gasteiger partial charge is 0.0604 e. The molecule has 0 atom stereocenters. The number of aliphatic hydroxyl groups is 1. The molecule has 14 heavy (non-hydrogen) atoms. The molecular weight excluding hydrogens is 176 g/mol. The Kier molecular flexibility index (Phi) is 2.99. The first-order valence-electron chi connectivity index (χ1n) is 5.18. The highest BCUT2D eigenvalue weighted by molar-refractivity contribution is 5.43. The third-order valence-corrected chi connectivity index (χ3v) is 2.45. The van der Waals surface area contributed by atoms with E-state index in [1.807, 2.05) is 12.3 Å². The molecule has 1 saturated carbocycles. The largest absolute Gasteiger partial charge is 0.395 e. The fraction of sp³-hybridized carbons (Fsp3) is 0.545. The van der Waals surface area contributed by atoms with Gasteiger partial charge in [0.05, 0.1) is 6.61 Å². The molecule has 1 aliphatic carbocycles. The Hall–Kier alpha value is -1.09. The maximum atomic E-state index is 8.67. The summed E-state index contributed by atoms with van der Waals surface area (Å²) in [4.78, 5) is 4.33. The van der Waals surface area contributed by atoms with Crippen molar-refractivity contribution in [2.75, 3.05) is 18.5 Å². The van der Waals surface area contributed by atoms with Crippen molar-refractivity contribution >= 4 is 5.69 Å². The summed E-state index contributed by atoms with van der Waals surface area (Å²) in [5.41, 5.74) is 2.22. The fourth-order valence-corrected chi connectivity index (χ4v) is 1.52. The van der Waals surface area contributed by atoms with Gasteiger partial charge < -0.3 is 10.4 Å². The van der Waals surface area contributed by atoms with Crippen LogP contribution in [0.4, 0.5) is 5.69 Å². The van der Waals surface area contributed by atoms with Crippen LogP contribution in [-0.4, -0.2) is 23.2 Å². The summed E-state index contributed by atoms with van der Waals surface area (Å²) < 4.78 is 0. The standard InChI is InChI=1S/C11H16N2O/c14-6-5-13-10-3-4-12-11(8-10)7-9-1-2-9/h3-4,8-9,14H,1-2,5-7H2,(H,12,13). The highest BCUT2D eigenvalue weighted by atomic mass is 16.3. The summed E-state index contributed by atoms with van der Waals surface area (Å²) in [5.74, 6) is 0.871. The Morgan fingerprint density at radius 2 is 2.36 bits per heavy atom. The lowest BCUT2D eigenvalue weighted by atomic mass is 10.2. The van der Waals surface area contributed by atoms with Gasteiger partial charge in [0.1, 0.15) is 0 Å². The van der Waals surface area contributed by atoms with Gasteiger partial charge in [0.2, 0.25) is 0 Å². The monoisotopic (exact) mass is 192 g/mol. The van der Waals surface area contributed by atoms with Crippen LogP contribution in [0.15, 0.2) is 18.3 Å². The van der Waals surface area contributed by atoms with E-state index >= 15 is 0 Å². The van der Waals surface area contributed by atoms with E-state index in [9.17, 15) is 0 Å². The van der Waals surface area contributed by atoms with Gasteiger partial charge in [0, 0.05) is 24.1 Å². The molecule has 0 amide bonds. The Morgan fingerprint density at radius 3 is 3.07 bits per heavy atom. The molecule has 1 aromatic rings. The van der Waals surface area contributed by atoms with Crippen LogP contribution in [0.2, 0.25) is 0 Å². The van der Waals surface area contributed by atoms with Gasteiger partial charge in [-0.2, -0.15) is 0 Å². The molecular formula is C11H16N2O. The molecule has 1 fully saturated rings. The van der Waals surface area contributed by atoms with E-state index in [0.29, 0.717) is 6.54 Å². The van der Waals surface area contributed by atoms with Crippen LogP contribution in [-0.2, 0) is 6.42 Å².